The Labute approximate surface area is 350 Å². The Kier molecular flexibility index (Phi) is 15.0. The first kappa shape index (κ1) is 43.6. The molecule has 6 atom stereocenters. The van der Waals surface area contributed by atoms with E-state index in [9.17, 15) is 25.1 Å². The van der Waals surface area contributed by atoms with Crippen LogP contribution in [0.25, 0.3) is 6.08 Å². The Balaban J connectivity index is 1.51. The van der Waals surface area contributed by atoms with Gasteiger partial charge >= 0.3 is 0 Å². The van der Waals surface area contributed by atoms with Gasteiger partial charge < -0.3 is 34.2 Å². The normalized spacial score (nSPS) is 23.8. The van der Waals surface area contributed by atoms with E-state index in [1.165, 1.54) is 18.2 Å². The van der Waals surface area contributed by atoms with Crippen LogP contribution in [0.5, 0.6) is 17.2 Å². The van der Waals surface area contributed by atoms with Gasteiger partial charge in [-0.15, -0.1) is 18.3 Å². The Morgan fingerprint density at radius 3 is 2.42 bits per heavy atom. The molecule has 0 saturated heterocycles. The van der Waals surface area contributed by atoms with Crippen molar-refractivity contribution in [2.45, 2.75) is 74.5 Å². The molecule has 1 heterocycles. The predicted molar refractivity (Wildman–Crippen MR) is 230 cm³/mol. The maximum Gasteiger partial charge on any atom is 0.269 e. The van der Waals surface area contributed by atoms with Crippen molar-refractivity contribution < 1.29 is 39.0 Å². The minimum Gasteiger partial charge on any atom is -0.459 e. The van der Waals surface area contributed by atoms with Crippen LogP contribution in [-0.2, 0) is 14.4 Å². The minimum absolute atomic E-state index is 0.0374. The van der Waals surface area contributed by atoms with Crippen molar-refractivity contribution in [2.24, 2.45) is 22.9 Å². The van der Waals surface area contributed by atoms with Crippen LogP contribution in [0.15, 0.2) is 107 Å². The molecule has 2 aliphatic carbocycles. The zero-order valence-corrected chi connectivity index (χ0v) is 34.9. The lowest BCUT2D eigenvalue weighted by molar-refractivity contribution is -0.384. The number of allylic oxidation sites excluding steroid dienone is 1. The van der Waals surface area contributed by atoms with Gasteiger partial charge in [0.1, 0.15) is 29.9 Å². The van der Waals surface area contributed by atoms with Crippen LogP contribution in [0.3, 0.4) is 0 Å². The van der Waals surface area contributed by atoms with Gasteiger partial charge in [-0.05, 0) is 123 Å². The van der Waals surface area contributed by atoms with Gasteiger partial charge in [-0.2, -0.15) is 0 Å². The summed E-state index contributed by atoms with van der Waals surface area (Å²) in [5, 5.41) is 35.6. The van der Waals surface area contributed by atoms with Crippen molar-refractivity contribution in [1.82, 2.24) is 4.90 Å². The summed E-state index contributed by atoms with van der Waals surface area (Å²) in [5.41, 5.74) is 3.21. The fourth-order valence-corrected chi connectivity index (χ4v) is 9.27. The SMILES string of the molecule is C=CCOC12Oc3ccc(Oc4ccc(SC)cc4)cc3C3C(CCCCO)C(CCCCO)C=C(C(=NOCC)CC1N(C)C(=O)C=Cc1ccc([N+](=O)[O-])cc1)C32. The molecular formula is C46H55N3O9S. The molecule has 3 aliphatic rings. The second kappa shape index (κ2) is 20.3. The Morgan fingerprint density at radius 2 is 1.76 bits per heavy atom. The van der Waals surface area contributed by atoms with Crippen molar-refractivity contribution in [1.29, 1.82) is 0 Å². The van der Waals surface area contributed by atoms with E-state index >= 15 is 0 Å². The maximum absolute atomic E-state index is 14.2. The molecule has 2 N–H and O–H groups in total. The summed E-state index contributed by atoms with van der Waals surface area (Å²) in [5.74, 6) is -0.216. The van der Waals surface area contributed by atoms with Crippen LogP contribution in [0.2, 0.25) is 0 Å². The van der Waals surface area contributed by atoms with E-state index in [-0.39, 0.29) is 55.6 Å². The second-order valence-corrected chi connectivity index (χ2v) is 16.0. The molecule has 314 valence electrons. The maximum atomic E-state index is 14.2. The fourth-order valence-electron chi connectivity index (χ4n) is 8.86. The lowest BCUT2D eigenvalue weighted by Crippen LogP contribution is -2.69. The zero-order valence-electron chi connectivity index (χ0n) is 34.0. The molecule has 1 saturated carbocycles. The number of nitro benzene ring substituents is 1. The molecule has 3 aromatic rings. The van der Waals surface area contributed by atoms with Crippen molar-refractivity contribution in [3.05, 3.63) is 118 Å². The summed E-state index contributed by atoms with van der Waals surface area (Å²) in [6.45, 7) is 6.55. The van der Waals surface area contributed by atoms with E-state index in [2.05, 4.69) is 18.7 Å². The molecule has 6 rings (SSSR count). The Hall–Kier alpha value is -4.95. The van der Waals surface area contributed by atoms with Crippen LogP contribution in [0, 0.1) is 27.9 Å². The third kappa shape index (κ3) is 9.75. The first-order valence-electron chi connectivity index (χ1n) is 20.4. The van der Waals surface area contributed by atoms with Gasteiger partial charge in [0.05, 0.1) is 23.2 Å². The molecule has 12 nitrogen and oxygen atoms in total. The van der Waals surface area contributed by atoms with Crippen molar-refractivity contribution in [3.63, 3.8) is 0 Å². The molecule has 3 aromatic carbocycles. The number of oxime groups is 1. The third-order valence-electron chi connectivity index (χ3n) is 11.6. The smallest absolute Gasteiger partial charge is 0.269 e. The average molecular weight is 826 g/mol. The summed E-state index contributed by atoms with van der Waals surface area (Å²) in [4.78, 5) is 33.6. The number of carbonyl (C=O) groups is 1. The number of likely N-dealkylation sites (N-methyl/N-ethyl adjacent to an activating group) is 1. The number of nitro groups is 1. The molecule has 13 heteroatoms. The predicted octanol–water partition coefficient (Wildman–Crippen LogP) is 8.93. The largest absolute Gasteiger partial charge is 0.459 e. The lowest BCUT2D eigenvalue weighted by Gasteiger charge is -2.59. The number of ether oxygens (including phenoxy) is 3. The number of nitrogens with zero attached hydrogens (tertiary/aromatic N) is 3. The van der Waals surface area contributed by atoms with E-state index in [0.29, 0.717) is 48.0 Å². The standard InChI is InChI=1S/C46H55N3O9S/c1-5-27-55-46-42(48(3)43(52)24-15-31-13-16-33(17-14-31)49(53)54)30-40(47-56-6-2)38-28-32(11-7-9-25-50)37(12-8-10-26-51)44(45(38)46)39-29-35(20-23-41(39)58-46)57-34-18-21-36(59-4)22-19-34/h5,13-24,28-29,32,37,42,44-45,50-51H,1,6-12,25-27,30H2,2-4H3. The van der Waals surface area contributed by atoms with Crippen molar-refractivity contribution >= 4 is 35.1 Å². The van der Waals surface area contributed by atoms with Crippen LogP contribution in [0.4, 0.5) is 5.69 Å². The number of hydrogen-bond acceptors (Lipinski definition) is 11. The topological polar surface area (TPSA) is 153 Å². The quantitative estimate of drug-likeness (QED) is 0.0282. The van der Waals surface area contributed by atoms with E-state index < -0.39 is 22.7 Å². The highest BCUT2D eigenvalue weighted by Gasteiger charge is 2.65. The molecule has 0 aromatic heterocycles. The molecule has 6 unspecified atom stereocenters. The number of thioether (sulfide) groups is 1. The van der Waals surface area contributed by atoms with Gasteiger partial charge in [-0.3, -0.25) is 14.9 Å². The molecule has 0 bridgehead atoms. The van der Waals surface area contributed by atoms with Gasteiger partial charge in [0.25, 0.3) is 5.69 Å². The van der Waals surface area contributed by atoms with Crippen molar-refractivity contribution in [2.75, 3.05) is 39.7 Å². The molecule has 1 aliphatic heterocycles. The number of hydrogen-bond donors (Lipinski definition) is 2. The third-order valence-corrected chi connectivity index (χ3v) is 12.3. The zero-order chi connectivity index (χ0) is 41.9. The second-order valence-electron chi connectivity index (χ2n) is 15.1. The highest BCUT2D eigenvalue weighted by molar-refractivity contribution is 7.98. The van der Waals surface area contributed by atoms with Crippen molar-refractivity contribution in [3.8, 4) is 17.2 Å². The molecular weight excluding hydrogens is 771 g/mol. The summed E-state index contributed by atoms with van der Waals surface area (Å²) < 4.78 is 20.6. The van der Waals surface area contributed by atoms with E-state index in [4.69, 9.17) is 24.2 Å². The van der Waals surface area contributed by atoms with Gasteiger partial charge in [0.2, 0.25) is 11.7 Å². The number of rotatable bonds is 20. The lowest BCUT2D eigenvalue weighted by atomic mass is 9.55. The number of aliphatic hydroxyl groups is 2. The van der Waals surface area contributed by atoms with Crippen LogP contribution in [0.1, 0.15) is 68.9 Å². The monoisotopic (exact) mass is 825 g/mol. The molecule has 59 heavy (non-hydrogen) atoms. The van der Waals surface area contributed by atoms with E-state index in [1.54, 1.807) is 48.0 Å². The summed E-state index contributed by atoms with van der Waals surface area (Å²) in [6.07, 6.45) is 14.0. The number of fused-ring (bicyclic) bond motifs is 2. The Bertz CT molecular complexity index is 2020. The number of non-ortho nitro benzene ring substituents is 1. The van der Waals surface area contributed by atoms with Crippen LogP contribution >= 0.6 is 11.8 Å². The minimum atomic E-state index is -1.39. The van der Waals surface area contributed by atoms with Gasteiger partial charge in [0, 0.05) is 61.3 Å². The van der Waals surface area contributed by atoms with Crippen LogP contribution in [-0.4, -0.2) is 83.2 Å². The number of amides is 1. The first-order chi connectivity index (χ1) is 28.7. The van der Waals surface area contributed by atoms with E-state index in [0.717, 1.165) is 41.7 Å². The highest BCUT2D eigenvalue weighted by Crippen LogP contribution is 2.62. The summed E-state index contributed by atoms with van der Waals surface area (Å²) in [7, 11) is 1.73. The number of aliphatic hydroxyl groups excluding tert-OH is 2. The number of carbonyl (C=O) groups excluding carboxylic acids is 1. The van der Waals surface area contributed by atoms with Crippen LogP contribution < -0.4 is 9.47 Å². The molecule has 1 amide bonds. The first-order valence-corrected chi connectivity index (χ1v) is 21.6. The van der Waals surface area contributed by atoms with Gasteiger partial charge in [0.15, 0.2) is 0 Å². The van der Waals surface area contributed by atoms with Gasteiger partial charge in [-0.25, -0.2) is 0 Å². The van der Waals surface area contributed by atoms with E-state index in [1.807, 2.05) is 49.6 Å². The molecule has 0 spiro atoms. The highest BCUT2D eigenvalue weighted by atomic mass is 32.2. The fraction of sp³-hybridized carbons (Fsp3) is 0.435. The number of benzene rings is 3. The molecule has 1 fully saturated rings. The number of unbranched alkanes of at least 4 members (excludes halogenated alkanes) is 2. The average Bonchev–Trinajstić information content (AvgIpc) is 3.25. The summed E-state index contributed by atoms with van der Waals surface area (Å²) in [6, 6.07) is 19.2. The Morgan fingerprint density at radius 1 is 1.05 bits per heavy atom. The molecule has 0 radical (unpaired) electrons. The van der Waals surface area contributed by atoms with Gasteiger partial charge in [-0.1, -0.05) is 30.1 Å². The summed E-state index contributed by atoms with van der Waals surface area (Å²) >= 11 is 1.66.